The molecule has 0 saturated heterocycles. The van der Waals surface area contributed by atoms with E-state index in [1.807, 2.05) is 32.0 Å². The average Bonchev–Trinajstić information content (AvgIpc) is 2.22. The second kappa shape index (κ2) is 7.27. The maximum atomic E-state index is 11.6. The summed E-state index contributed by atoms with van der Waals surface area (Å²) in [5, 5.41) is 2.78. The van der Waals surface area contributed by atoms with Crippen LogP contribution in [0.5, 0.6) is 0 Å². The number of benzene rings is 1. The van der Waals surface area contributed by atoms with Crippen molar-refractivity contribution in [2.45, 2.75) is 19.9 Å². The summed E-state index contributed by atoms with van der Waals surface area (Å²) >= 11 is 0. The number of aryl methyl sites for hydroxylation is 2. The first kappa shape index (κ1) is 15.9. The highest BCUT2D eigenvalue weighted by molar-refractivity contribution is 5.95. The fourth-order valence-corrected chi connectivity index (χ4v) is 1.43. The zero-order valence-electron chi connectivity index (χ0n) is 10.3. The van der Waals surface area contributed by atoms with Crippen molar-refractivity contribution in [2.24, 2.45) is 5.73 Å². The third-order valence-electron chi connectivity index (χ3n) is 2.32. The van der Waals surface area contributed by atoms with Crippen LogP contribution in [0.15, 0.2) is 18.2 Å². The first-order valence-electron chi connectivity index (χ1n) is 5.17. The molecule has 0 spiro atoms. The molecule has 1 aromatic rings. The van der Waals surface area contributed by atoms with Gasteiger partial charge in [-0.05, 0) is 25.5 Å². The molecule has 4 nitrogen and oxygen atoms in total. The predicted octanol–water partition coefficient (Wildman–Crippen LogP) is 1.64. The van der Waals surface area contributed by atoms with Crippen molar-refractivity contribution in [1.82, 2.24) is 0 Å². The van der Waals surface area contributed by atoms with Crippen molar-refractivity contribution in [3.05, 3.63) is 29.3 Å². The number of anilines is 1. The smallest absolute Gasteiger partial charge is 0.243 e. The monoisotopic (exact) mass is 258 g/mol. The number of carbonyl (C=O) groups excluding carboxylic acids is 1. The molecule has 0 fully saturated rings. The zero-order chi connectivity index (χ0) is 12.1. The molecule has 0 aliphatic carbocycles. The highest BCUT2D eigenvalue weighted by atomic mass is 35.5. The highest BCUT2D eigenvalue weighted by Gasteiger charge is 2.13. The zero-order valence-corrected chi connectivity index (χ0v) is 11.1. The standard InChI is InChI=1S/C12H18N2O2.ClH/c1-8-4-5-11(9(2)6-8)14-12(15)10(13)7-16-3;/h4-6,10H,7,13H2,1-3H3,(H,14,15);1H. The van der Waals surface area contributed by atoms with Gasteiger partial charge in [-0.3, -0.25) is 4.79 Å². The van der Waals surface area contributed by atoms with E-state index in [0.29, 0.717) is 0 Å². The van der Waals surface area contributed by atoms with E-state index in [9.17, 15) is 4.79 Å². The molecule has 96 valence electrons. The van der Waals surface area contributed by atoms with Crippen LogP contribution in [0.25, 0.3) is 0 Å². The van der Waals surface area contributed by atoms with Crippen LogP contribution in [0.1, 0.15) is 11.1 Å². The van der Waals surface area contributed by atoms with E-state index in [1.165, 1.54) is 7.11 Å². The van der Waals surface area contributed by atoms with E-state index < -0.39 is 6.04 Å². The molecule has 0 bridgehead atoms. The molecule has 0 saturated carbocycles. The Labute approximate surface area is 108 Å². The molecule has 1 aromatic carbocycles. The van der Waals surface area contributed by atoms with Gasteiger partial charge in [-0.2, -0.15) is 0 Å². The van der Waals surface area contributed by atoms with Crippen LogP contribution in [0.3, 0.4) is 0 Å². The first-order chi connectivity index (χ1) is 7.54. The molecule has 0 aliphatic heterocycles. The van der Waals surface area contributed by atoms with Gasteiger partial charge in [0.15, 0.2) is 0 Å². The van der Waals surface area contributed by atoms with Crippen molar-refractivity contribution in [1.29, 1.82) is 0 Å². The highest BCUT2D eigenvalue weighted by Crippen LogP contribution is 2.15. The van der Waals surface area contributed by atoms with Crippen LogP contribution in [0, 0.1) is 13.8 Å². The maximum Gasteiger partial charge on any atom is 0.243 e. The third kappa shape index (κ3) is 4.73. The molecular weight excluding hydrogens is 240 g/mol. The third-order valence-corrected chi connectivity index (χ3v) is 2.32. The molecule has 0 aromatic heterocycles. The number of ether oxygens (including phenoxy) is 1. The van der Waals surface area contributed by atoms with Gasteiger partial charge >= 0.3 is 0 Å². The van der Waals surface area contributed by atoms with Crippen molar-refractivity contribution in [3.63, 3.8) is 0 Å². The van der Waals surface area contributed by atoms with Gasteiger partial charge in [0, 0.05) is 12.8 Å². The van der Waals surface area contributed by atoms with Crippen LogP contribution in [0.4, 0.5) is 5.69 Å². The molecule has 0 heterocycles. The molecule has 1 atom stereocenters. The molecule has 17 heavy (non-hydrogen) atoms. The molecule has 0 aliphatic rings. The minimum Gasteiger partial charge on any atom is -0.383 e. The summed E-state index contributed by atoms with van der Waals surface area (Å²) in [5.41, 5.74) is 8.60. The van der Waals surface area contributed by atoms with Gasteiger partial charge in [0.1, 0.15) is 6.04 Å². The summed E-state index contributed by atoms with van der Waals surface area (Å²) in [7, 11) is 1.52. The van der Waals surface area contributed by atoms with Gasteiger partial charge in [-0.15, -0.1) is 12.4 Å². The number of halogens is 1. The van der Waals surface area contributed by atoms with E-state index in [4.69, 9.17) is 10.5 Å². The summed E-state index contributed by atoms with van der Waals surface area (Å²) in [6.07, 6.45) is 0. The lowest BCUT2D eigenvalue weighted by Gasteiger charge is -2.13. The number of carbonyl (C=O) groups is 1. The Bertz CT molecular complexity index is 383. The Kier molecular flexibility index (Phi) is 6.80. The molecule has 1 rings (SSSR count). The summed E-state index contributed by atoms with van der Waals surface area (Å²) in [6.45, 7) is 4.18. The van der Waals surface area contributed by atoms with Gasteiger partial charge in [-0.25, -0.2) is 0 Å². The van der Waals surface area contributed by atoms with E-state index >= 15 is 0 Å². The van der Waals surface area contributed by atoms with Crippen molar-refractivity contribution in [3.8, 4) is 0 Å². The van der Waals surface area contributed by atoms with Gasteiger partial charge in [0.2, 0.25) is 5.91 Å². The fraction of sp³-hybridized carbons (Fsp3) is 0.417. The van der Waals surface area contributed by atoms with Gasteiger partial charge in [-0.1, -0.05) is 17.7 Å². The number of amides is 1. The van der Waals surface area contributed by atoms with Crippen LogP contribution in [0.2, 0.25) is 0 Å². The summed E-state index contributed by atoms with van der Waals surface area (Å²) in [5.74, 6) is -0.228. The summed E-state index contributed by atoms with van der Waals surface area (Å²) in [6, 6.07) is 5.20. The predicted molar refractivity (Wildman–Crippen MR) is 71.6 cm³/mol. The quantitative estimate of drug-likeness (QED) is 0.863. The molecule has 1 unspecified atom stereocenters. The number of hydrogen-bond donors (Lipinski definition) is 2. The van der Waals surface area contributed by atoms with Crippen LogP contribution in [-0.4, -0.2) is 25.7 Å². The Morgan fingerprint density at radius 3 is 2.65 bits per heavy atom. The maximum absolute atomic E-state index is 11.6. The molecule has 1 amide bonds. The largest absolute Gasteiger partial charge is 0.383 e. The minimum atomic E-state index is -0.634. The second-order valence-corrected chi connectivity index (χ2v) is 3.87. The molecular formula is C12H19ClN2O2. The van der Waals surface area contributed by atoms with Crippen LogP contribution >= 0.6 is 12.4 Å². The van der Waals surface area contributed by atoms with Crippen LogP contribution < -0.4 is 11.1 Å². The van der Waals surface area contributed by atoms with Gasteiger partial charge in [0.25, 0.3) is 0 Å². The Morgan fingerprint density at radius 1 is 1.47 bits per heavy atom. The molecule has 5 heteroatoms. The van der Waals surface area contributed by atoms with E-state index in [1.54, 1.807) is 0 Å². The first-order valence-corrected chi connectivity index (χ1v) is 5.17. The summed E-state index contributed by atoms with van der Waals surface area (Å²) in [4.78, 5) is 11.6. The lowest BCUT2D eigenvalue weighted by Crippen LogP contribution is -2.39. The SMILES string of the molecule is COCC(N)C(=O)Nc1ccc(C)cc1C.Cl. The van der Waals surface area contributed by atoms with E-state index in [0.717, 1.165) is 16.8 Å². The topological polar surface area (TPSA) is 64.3 Å². The molecule has 0 radical (unpaired) electrons. The minimum absolute atomic E-state index is 0. The number of nitrogens with one attached hydrogen (secondary N) is 1. The van der Waals surface area contributed by atoms with Crippen molar-refractivity contribution < 1.29 is 9.53 Å². The second-order valence-electron chi connectivity index (χ2n) is 3.87. The van der Waals surface area contributed by atoms with Gasteiger partial charge in [0.05, 0.1) is 6.61 Å². The Balaban J connectivity index is 0.00000256. The van der Waals surface area contributed by atoms with Gasteiger partial charge < -0.3 is 15.8 Å². The summed E-state index contributed by atoms with van der Waals surface area (Å²) < 4.78 is 4.83. The van der Waals surface area contributed by atoms with Crippen molar-refractivity contribution >= 4 is 24.0 Å². The van der Waals surface area contributed by atoms with E-state index in [-0.39, 0.29) is 24.9 Å². The number of nitrogens with two attached hydrogens (primary N) is 1. The average molecular weight is 259 g/mol. The molecule has 3 N–H and O–H groups in total. The van der Waals surface area contributed by atoms with E-state index in [2.05, 4.69) is 5.32 Å². The number of methoxy groups -OCH3 is 1. The normalized spacial score (nSPS) is 11.5. The lowest BCUT2D eigenvalue weighted by molar-refractivity contribution is -0.118. The Morgan fingerprint density at radius 2 is 2.12 bits per heavy atom. The number of rotatable bonds is 4. The van der Waals surface area contributed by atoms with Crippen molar-refractivity contribution in [2.75, 3.05) is 19.0 Å². The lowest BCUT2D eigenvalue weighted by atomic mass is 10.1. The number of hydrogen-bond acceptors (Lipinski definition) is 3. The van der Waals surface area contributed by atoms with Crippen LogP contribution in [-0.2, 0) is 9.53 Å². The fourth-order valence-electron chi connectivity index (χ4n) is 1.43. The Hall–Kier alpha value is -1.10.